The van der Waals surface area contributed by atoms with Gasteiger partial charge in [0, 0.05) is 23.7 Å². The molecule has 7 heteroatoms. The Balaban J connectivity index is 1.59. The molecule has 0 bridgehead atoms. The van der Waals surface area contributed by atoms with Crippen molar-refractivity contribution in [2.75, 3.05) is 11.9 Å². The van der Waals surface area contributed by atoms with E-state index in [9.17, 15) is 9.59 Å². The smallest absolute Gasteiger partial charge is 0.266 e. The van der Waals surface area contributed by atoms with E-state index in [4.69, 9.17) is 23.8 Å². The molecule has 3 rings (SSSR count). The summed E-state index contributed by atoms with van der Waals surface area (Å²) in [6, 6.07) is 16.8. The number of hydrogen-bond donors (Lipinski definition) is 1. The standard InChI is InChI=1S/C22H19ClN2O2S2/c1-15(13-16-5-3-2-4-6-16)14-19-21(27)25(22(28)29-19)12-11-20(26)24-18-9-7-17(23)8-10-18/h2-10,13-14H,11-12H2,1H3,(H,24,26)/b15-13+,19-14-. The van der Waals surface area contributed by atoms with Crippen molar-refractivity contribution in [3.05, 3.63) is 81.7 Å². The van der Waals surface area contributed by atoms with Crippen molar-refractivity contribution in [1.82, 2.24) is 4.90 Å². The van der Waals surface area contributed by atoms with Crippen molar-refractivity contribution < 1.29 is 9.59 Å². The van der Waals surface area contributed by atoms with Crippen LogP contribution in [0.2, 0.25) is 5.02 Å². The van der Waals surface area contributed by atoms with Crippen LogP contribution in [0.25, 0.3) is 6.08 Å². The number of carbonyl (C=O) groups excluding carboxylic acids is 2. The normalized spacial score (nSPS) is 15.9. The van der Waals surface area contributed by atoms with E-state index in [-0.39, 0.29) is 24.8 Å². The molecule has 1 heterocycles. The quantitative estimate of drug-likeness (QED) is 0.473. The van der Waals surface area contributed by atoms with Crippen LogP contribution in [0.15, 0.2) is 71.2 Å². The first-order valence-corrected chi connectivity index (χ1v) is 10.6. The van der Waals surface area contributed by atoms with E-state index in [1.165, 1.54) is 16.7 Å². The molecule has 0 aromatic heterocycles. The van der Waals surface area contributed by atoms with Crippen molar-refractivity contribution in [3.8, 4) is 0 Å². The van der Waals surface area contributed by atoms with Gasteiger partial charge in [0.05, 0.1) is 4.91 Å². The summed E-state index contributed by atoms with van der Waals surface area (Å²) in [7, 11) is 0. The van der Waals surface area contributed by atoms with Gasteiger partial charge in [-0.2, -0.15) is 0 Å². The van der Waals surface area contributed by atoms with Crippen molar-refractivity contribution in [3.63, 3.8) is 0 Å². The predicted octanol–water partition coefficient (Wildman–Crippen LogP) is 5.52. The van der Waals surface area contributed by atoms with Crippen LogP contribution in [0.3, 0.4) is 0 Å². The Bertz CT molecular complexity index is 986. The molecule has 0 atom stereocenters. The third-order valence-electron chi connectivity index (χ3n) is 4.12. The topological polar surface area (TPSA) is 49.4 Å². The minimum Gasteiger partial charge on any atom is -0.326 e. The molecule has 29 heavy (non-hydrogen) atoms. The lowest BCUT2D eigenvalue weighted by Gasteiger charge is -2.14. The lowest BCUT2D eigenvalue weighted by atomic mass is 10.1. The molecule has 1 N–H and O–H groups in total. The largest absolute Gasteiger partial charge is 0.326 e. The molecule has 0 spiro atoms. The van der Waals surface area contributed by atoms with Gasteiger partial charge in [-0.3, -0.25) is 14.5 Å². The second-order valence-electron chi connectivity index (χ2n) is 6.44. The molecule has 0 radical (unpaired) electrons. The van der Waals surface area contributed by atoms with Crippen molar-refractivity contribution in [2.24, 2.45) is 0 Å². The molecule has 2 aromatic carbocycles. The van der Waals surface area contributed by atoms with Crippen molar-refractivity contribution >= 4 is 63.5 Å². The van der Waals surface area contributed by atoms with Crippen LogP contribution >= 0.6 is 35.6 Å². The van der Waals surface area contributed by atoms with Crippen molar-refractivity contribution in [1.29, 1.82) is 0 Å². The molecule has 2 aromatic rings. The number of amides is 2. The Hall–Kier alpha value is -2.41. The highest BCUT2D eigenvalue weighted by Crippen LogP contribution is 2.32. The monoisotopic (exact) mass is 442 g/mol. The molecule has 1 aliphatic rings. The summed E-state index contributed by atoms with van der Waals surface area (Å²) in [6.07, 6.45) is 3.99. The van der Waals surface area contributed by atoms with E-state index >= 15 is 0 Å². The Kier molecular flexibility index (Phi) is 7.25. The molecule has 1 aliphatic heterocycles. The average Bonchev–Trinajstić information content (AvgIpc) is 2.95. The second kappa shape index (κ2) is 9.87. The van der Waals surface area contributed by atoms with E-state index in [1.54, 1.807) is 24.3 Å². The number of benzene rings is 2. The van der Waals surface area contributed by atoms with Gasteiger partial charge >= 0.3 is 0 Å². The van der Waals surface area contributed by atoms with Crippen molar-refractivity contribution in [2.45, 2.75) is 13.3 Å². The van der Waals surface area contributed by atoms with Gasteiger partial charge in [0.15, 0.2) is 0 Å². The maximum atomic E-state index is 12.7. The maximum absolute atomic E-state index is 12.7. The number of anilines is 1. The third-order valence-corrected chi connectivity index (χ3v) is 5.75. The van der Waals surface area contributed by atoms with Gasteiger partial charge in [0.1, 0.15) is 4.32 Å². The highest BCUT2D eigenvalue weighted by atomic mass is 35.5. The van der Waals surface area contributed by atoms with E-state index in [1.807, 2.05) is 49.4 Å². The minimum absolute atomic E-state index is 0.154. The zero-order valence-corrected chi connectivity index (χ0v) is 18.1. The summed E-state index contributed by atoms with van der Waals surface area (Å²) in [5, 5.41) is 3.39. The van der Waals surface area contributed by atoms with Gasteiger partial charge in [0.2, 0.25) is 5.91 Å². The number of halogens is 1. The summed E-state index contributed by atoms with van der Waals surface area (Å²) in [5.41, 5.74) is 2.68. The van der Waals surface area contributed by atoms with E-state index in [0.717, 1.165) is 11.1 Å². The number of nitrogens with one attached hydrogen (secondary N) is 1. The van der Waals surface area contributed by atoms with Crippen LogP contribution in [0.1, 0.15) is 18.9 Å². The number of thioether (sulfide) groups is 1. The molecule has 0 aliphatic carbocycles. The highest BCUT2D eigenvalue weighted by molar-refractivity contribution is 8.26. The highest BCUT2D eigenvalue weighted by Gasteiger charge is 2.32. The first kappa shape index (κ1) is 21.3. The number of allylic oxidation sites excluding steroid dienone is 2. The fourth-order valence-electron chi connectivity index (χ4n) is 2.72. The number of thiocarbonyl (C=S) groups is 1. The predicted molar refractivity (Wildman–Crippen MR) is 125 cm³/mol. The summed E-state index contributed by atoms with van der Waals surface area (Å²) in [4.78, 5) is 26.9. The maximum Gasteiger partial charge on any atom is 0.266 e. The van der Waals surface area contributed by atoms with Gasteiger partial charge < -0.3 is 5.32 Å². The molecular formula is C22H19ClN2O2S2. The molecular weight excluding hydrogens is 424 g/mol. The lowest BCUT2D eigenvalue weighted by molar-refractivity contribution is -0.122. The number of rotatable bonds is 6. The zero-order chi connectivity index (χ0) is 20.8. The van der Waals surface area contributed by atoms with Crippen LogP contribution in [0, 0.1) is 0 Å². The summed E-state index contributed by atoms with van der Waals surface area (Å²) < 4.78 is 0.466. The van der Waals surface area contributed by atoms with Gasteiger partial charge in [-0.25, -0.2) is 0 Å². The lowest BCUT2D eigenvalue weighted by Crippen LogP contribution is -2.31. The SMILES string of the molecule is CC(/C=C1\SC(=S)N(CCC(=O)Nc2ccc(Cl)cc2)C1=O)=C\c1ccccc1. The van der Waals surface area contributed by atoms with Crippen LogP contribution in [0.4, 0.5) is 5.69 Å². The van der Waals surface area contributed by atoms with Crippen LogP contribution in [0.5, 0.6) is 0 Å². The Labute approximate surface area is 184 Å². The van der Waals surface area contributed by atoms with Gasteiger partial charge in [-0.1, -0.05) is 72.0 Å². The fraction of sp³-hybridized carbons (Fsp3) is 0.136. The van der Waals surface area contributed by atoms with Crippen LogP contribution in [-0.4, -0.2) is 27.6 Å². The fourth-order valence-corrected chi connectivity index (χ4v) is 4.21. The Morgan fingerprint density at radius 1 is 1.17 bits per heavy atom. The van der Waals surface area contributed by atoms with Crippen LogP contribution in [-0.2, 0) is 9.59 Å². The van der Waals surface area contributed by atoms with E-state index in [0.29, 0.717) is 19.9 Å². The van der Waals surface area contributed by atoms with Crippen LogP contribution < -0.4 is 5.32 Å². The van der Waals surface area contributed by atoms with Gasteiger partial charge in [-0.15, -0.1) is 0 Å². The molecule has 4 nitrogen and oxygen atoms in total. The molecule has 148 valence electrons. The second-order valence-corrected chi connectivity index (χ2v) is 8.55. The Morgan fingerprint density at radius 2 is 1.86 bits per heavy atom. The number of nitrogens with zero attached hydrogens (tertiary/aromatic N) is 1. The zero-order valence-electron chi connectivity index (χ0n) is 15.7. The molecule has 1 saturated heterocycles. The molecule has 2 amide bonds. The van der Waals surface area contributed by atoms with Gasteiger partial charge in [-0.05, 0) is 48.4 Å². The third kappa shape index (κ3) is 6.03. The van der Waals surface area contributed by atoms with E-state index < -0.39 is 0 Å². The van der Waals surface area contributed by atoms with Gasteiger partial charge in [0.25, 0.3) is 5.91 Å². The summed E-state index contributed by atoms with van der Waals surface area (Å²) in [5.74, 6) is -0.356. The minimum atomic E-state index is -0.189. The first-order valence-electron chi connectivity index (χ1n) is 8.96. The number of hydrogen-bond acceptors (Lipinski definition) is 4. The molecule has 0 saturated carbocycles. The summed E-state index contributed by atoms with van der Waals surface area (Å²) >= 11 is 12.4. The van der Waals surface area contributed by atoms with E-state index in [2.05, 4.69) is 5.32 Å². The molecule has 1 fully saturated rings. The average molecular weight is 443 g/mol. The number of carbonyl (C=O) groups is 2. The Morgan fingerprint density at radius 3 is 2.55 bits per heavy atom. The first-order chi connectivity index (χ1) is 13.9. The summed E-state index contributed by atoms with van der Waals surface area (Å²) in [6.45, 7) is 2.18. The molecule has 0 unspecified atom stereocenters.